The van der Waals surface area contributed by atoms with Crippen LogP contribution in [0.1, 0.15) is 24.8 Å². The van der Waals surface area contributed by atoms with Gasteiger partial charge < -0.3 is 10.1 Å². The molecule has 1 saturated heterocycles. The van der Waals surface area contributed by atoms with Crippen LogP contribution in [0.2, 0.25) is 0 Å². The molecule has 1 aromatic carbocycles. The summed E-state index contributed by atoms with van der Waals surface area (Å²) in [4.78, 5) is 0.367. The molecule has 1 unspecified atom stereocenters. The molecular weight excluding hydrogens is 262 g/mol. The van der Waals surface area contributed by atoms with Crippen LogP contribution in [0.15, 0.2) is 29.2 Å². The Kier molecular flexibility index (Phi) is 4.96. The van der Waals surface area contributed by atoms with Crippen molar-refractivity contribution in [2.75, 3.05) is 19.4 Å². The van der Waals surface area contributed by atoms with Crippen LogP contribution >= 0.6 is 0 Å². The number of hydrogen-bond donors (Lipinski definition) is 1. The summed E-state index contributed by atoms with van der Waals surface area (Å²) >= 11 is 0. The molecule has 5 heteroatoms. The van der Waals surface area contributed by atoms with Crippen molar-refractivity contribution in [3.8, 4) is 0 Å². The largest absolute Gasteiger partial charge is 0.377 e. The molecule has 0 amide bonds. The third-order valence-electron chi connectivity index (χ3n) is 3.33. The van der Waals surface area contributed by atoms with Crippen molar-refractivity contribution < 1.29 is 13.2 Å². The van der Waals surface area contributed by atoms with Crippen LogP contribution in [-0.4, -0.2) is 33.9 Å². The Labute approximate surface area is 115 Å². The van der Waals surface area contributed by atoms with Gasteiger partial charge in [0, 0.05) is 26.0 Å². The van der Waals surface area contributed by atoms with Gasteiger partial charge in [-0.25, -0.2) is 8.42 Å². The number of ether oxygens (including phenoxy) is 1. The van der Waals surface area contributed by atoms with Gasteiger partial charge in [-0.3, -0.25) is 0 Å². The van der Waals surface area contributed by atoms with E-state index in [-0.39, 0.29) is 0 Å². The minimum absolute atomic E-state index is 0.323. The number of hydrogen-bond acceptors (Lipinski definition) is 4. The van der Waals surface area contributed by atoms with Crippen LogP contribution in [0.3, 0.4) is 0 Å². The molecule has 0 spiro atoms. The average molecular weight is 283 g/mol. The van der Waals surface area contributed by atoms with Crippen LogP contribution in [-0.2, 0) is 21.1 Å². The van der Waals surface area contributed by atoms with Crippen LogP contribution in [0.4, 0.5) is 0 Å². The molecule has 4 nitrogen and oxygen atoms in total. The van der Waals surface area contributed by atoms with E-state index in [0.717, 1.165) is 31.7 Å². The predicted octanol–water partition coefficient (Wildman–Crippen LogP) is 1.75. The summed E-state index contributed by atoms with van der Waals surface area (Å²) in [7, 11) is -3.10. The Bertz CT molecular complexity index is 490. The SMILES string of the molecule is CS(=O)(=O)c1ccc(CNCC2CCCCO2)cc1. The van der Waals surface area contributed by atoms with Crippen LogP contribution in [0, 0.1) is 0 Å². The van der Waals surface area contributed by atoms with Crippen molar-refractivity contribution in [3.63, 3.8) is 0 Å². The molecule has 2 rings (SSSR count). The quantitative estimate of drug-likeness (QED) is 0.894. The highest BCUT2D eigenvalue weighted by Gasteiger charge is 2.13. The number of rotatable bonds is 5. The van der Waals surface area contributed by atoms with E-state index in [1.54, 1.807) is 12.1 Å². The summed E-state index contributed by atoms with van der Waals surface area (Å²) in [5.41, 5.74) is 1.09. The molecule has 0 radical (unpaired) electrons. The minimum Gasteiger partial charge on any atom is -0.377 e. The first-order valence-electron chi connectivity index (χ1n) is 6.67. The van der Waals surface area contributed by atoms with Crippen molar-refractivity contribution in [2.24, 2.45) is 0 Å². The Balaban J connectivity index is 1.80. The van der Waals surface area contributed by atoms with E-state index >= 15 is 0 Å². The van der Waals surface area contributed by atoms with Crippen molar-refractivity contribution in [1.82, 2.24) is 5.32 Å². The summed E-state index contributed by atoms with van der Waals surface area (Å²) in [6.45, 7) is 2.47. The van der Waals surface area contributed by atoms with Crippen molar-refractivity contribution in [2.45, 2.75) is 36.8 Å². The Morgan fingerprint density at radius 3 is 2.58 bits per heavy atom. The molecule has 0 aliphatic carbocycles. The van der Waals surface area contributed by atoms with Gasteiger partial charge in [-0.05, 0) is 37.0 Å². The third kappa shape index (κ3) is 4.60. The molecule has 106 valence electrons. The number of benzene rings is 1. The first-order chi connectivity index (χ1) is 9.05. The van der Waals surface area contributed by atoms with E-state index in [4.69, 9.17) is 4.74 Å². The first-order valence-corrected chi connectivity index (χ1v) is 8.56. The van der Waals surface area contributed by atoms with Gasteiger partial charge in [0.15, 0.2) is 9.84 Å². The lowest BCUT2D eigenvalue weighted by atomic mass is 10.1. The standard InChI is InChI=1S/C14H21NO3S/c1-19(16,17)14-7-5-12(6-8-14)10-15-11-13-4-2-3-9-18-13/h5-8,13,15H,2-4,9-11H2,1H3. The minimum atomic E-state index is -3.10. The second-order valence-corrected chi connectivity index (χ2v) is 7.05. The molecule has 1 atom stereocenters. The fraction of sp³-hybridized carbons (Fsp3) is 0.571. The normalized spacial score (nSPS) is 20.4. The molecule has 1 fully saturated rings. The number of sulfone groups is 1. The topological polar surface area (TPSA) is 55.4 Å². The molecule has 0 bridgehead atoms. The fourth-order valence-electron chi connectivity index (χ4n) is 2.20. The predicted molar refractivity (Wildman–Crippen MR) is 74.8 cm³/mol. The van der Waals surface area contributed by atoms with Gasteiger partial charge in [0.25, 0.3) is 0 Å². The molecule has 1 heterocycles. The smallest absolute Gasteiger partial charge is 0.175 e. The van der Waals surface area contributed by atoms with Gasteiger partial charge >= 0.3 is 0 Å². The van der Waals surface area contributed by atoms with Crippen LogP contribution in [0.5, 0.6) is 0 Å². The van der Waals surface area contributed by atoms with E-state index in [1.807, 2.05) is 12.1 Å². The zero-order valence-corrected chi connectivity index (χ0v) is 12.1. The highest BCUT2D eigenvalue weighted by Crippen LogP contribution is 2.12. The maximum absolute atomic E-state index is 11.3. The van der Waals surface area contributed by atoms with Gasteiger partial charge in [0.1, 0.15) is 0 Å². The summed E-state index contributed by atoms with van der Waals surface area (Å²) in [5.74, 6) is 0. The summed E-state index contributed by atoms with van der Waals surface area (Å²) in [6, 6.07) is 7.02. The number of nitrogens with one attached hydrogen (secondary N) is 1. The maximum Gasteiger partial charge on any atom is 0.175 e. The van der Waals surface area contributed by atoms with Gasteiger partial charge in [0.05, 0.1) is 11.0 Å². The maximum atomic E-state index is 11.3. The fourth-order valence-corrected chi connectivity index (χ4v) is 2.83. The van der Waals surface area contributed by atoms with E-state index in [2.05, 4.69) is 5.32 Å². The second-order valence-electron chi connectivity index (χ2n) is 5.04. The highest BCUT2D eigenvalue weighted by molar-refractivity contribution is 7.90. The summed E-state index contributed by atoms with van der Waals surface area (Å²) in [6.07, 6.45) is 5.09. The highest BCUT2D eigenvalue weighted by atomic mass is 32.2. The van der Waals surface area contributed by atoms with Gasteiger partial charge in [-0.15, -0.1) is 0 Å². The Morgan fingerprint density at radius 2 is 2.00 bits per heavy atom. The molecular formula is C14H21NO3S. The molecule has 19 heavy (non-hydrogen) atoms. The monoisotopic (exact) mass is 283 g/mol. The molecule has 0 aromatic heterocycles. The third-order valence-corrected chi connectivity index (χ3v) is 4.46. The van der Waals surface area contributed by atoms with Gasteiger partial charge in [0.2, 0.25) is 0 Å². The Hall–Kier alpha value is -0.910. The molecule has 1 N–H and O–H groups in total. The van der Waals surface area contributed by atoms with Crippen molar-refractivity contribution in [3.05, 3.63) is 29.8 Å². The van der Waals surface area contributed by atoms with Crippen LogP contribution in [0.25, 0.3) is 0 Å². The first kappa shape index (κ1) is 14.5. The van der Waals surface area contributed by atoms with Crippen molar-refractivity contribution in [1.29, 1.82) is 0 Å². The van der Waals surface area contributed by atoms with Gasteiger partial charge in [-0.2, -0.15) is 0 Å². The average Bonchev–Trinajstić information content (AvgIpc) is 2.39. The van der Waals surface area contributed by atoms with Crippen molar-refractivity contribution >= 4 is 9.84 Å². The molecule has 1 aliphatic rings. The van der Waals surface area contributed by atoms with E-state index in [1.165, 1.54) is 19.1 Å². The lowest BCUT2D eigenvalue weighted by Gasteiger charge is -2.22. The molecule has 1 aromatic rings. The summed E-state index contributed by atoms with van der Waals surface area (Å²) < 4.78 is 28.3. The lowest BCUT2D eigenvalue weighted by Crippen LogP contribution is -2.31. The second kappa shape index (κ2) is 6.50. The van der Waals surface area contributed by atoms with E-state index in [9.17, 15) is 8.42 Å². The Morgan fingerprint density at radius 1 is 1.26 bits per heavy atom. The zero-order valence-electron chi connectivity index (χ0n) is 11.3. The molecule has 1 aliphatic heterocycles. The van der Waals surface area contributed by atoms with E-state index in [0.29, 0.717) is 11.0 Å². The van der Waals surface area contributed by atoms with E-state index < -0.39 is 9.84 Å². The zero-order chi connectivity index (χ0) is 13.7. The van der Waals surface area contributed by atoms with Gasteiger partial charge in [-0.1, -0.05) is 12.1 Å². The lowest BCUT2D eigenvalue weighted by molar-refractivity contribution is 0.0168. The molecule has 0 saturated carbocycles. The van der Waals surface area contributed by atoms with Crippen LogP contribution < -0.4 is 5.32 Å². The summed E-state index contributed by atoms with van der Waals surface area (Å²) in [5, 5.41) is 3.36.